The molecule has 0 spiro atoms. The highest BCUT2D eigenvalue weighted by molar-refractivity contribution is 5.91. The second kappa shape index (κ2) is 9.73. The molecule has 3 aromatic carbocycles. The number of amides is 1. The fourth-order valence-electron chi connectivity index (χ4n) is 3.81. The second-order valence-electron chi connectivity index (χ2n) is 7.90. The summed E-state index contributed by atoms with van der Waals surface area (Å²) in [4.78, 5) is 14.9. The van der Waals surface area contributed by atoms with Gasteiger partial charge in [0.15, 0.2) is 0 Å². The average molecular weight is 435 g/mol. The molecule has 1 atom stereocenters. The van der Waals surface area contributed by atoms with Crippen molar-refractivity contribution in [3.8, 4) is 11.5 Å². The molecule has 0 fully saturated rings. The summed E-state index contributed by atoms with van der Waals surface area (Å²) in [5.74, 6) is 0.813. The summed E-state index contributed by atoms with van der Waals surface area (Å²) in [6.07, 6.45) is 0.246. The molecule has 5 nitrogen and oxygen atoms in total. The molecular weight excluding hydrogens is 407 g/mol. The van der Waals surface area contributed by atoms with E-state index in [0.29, 0.717) is 31.2 Å². The van der Waals surface area contributed by atoms with Gasteiger partial charge in [0, 0.05) is 18.3 Å². The molecule has 1 heterocycles. The number of benzene rings is 3. The lowest BCUT2D eigenvalue weighted by Crippen LogP contribution is -2.44. The van der Waals surface area contributed by atoms with Crippen molar-refractivity contribution in [1.29, 1.82) is 0 Å². The summed E-state index contributed by atoms with van der Waals surface area (Å²) in [5.41, 5.74) is 3.80. The van der Waals surface area contributed by atoms with Gasteiger partial charge in [-0.1, -0.05) is 29.8 Å². The van der Waals surface area contributed by atoms with E-state index in [1.54, 1.807) is 6.07 Å². The molecule has 0 aromatic heterocycles. The zero-order valence-corrected chi connectivity index (χ0v) is 18.3. The summed E-state index contributed by atoms with van der Waals surface area (Å²) in [7, 11) is 0. The maximum Gasteiger partial charge on any atom is 0.226 e. The second-order valence-corrected chi connectivity index (χ2v) is 7.90. The zero-order chi connectivity index (χ0) is 22.5. The highest BCUT2D eigenvalue weighted by Crippen LogP contribution is 2.36. The Morgan fingerprint density at radius 1 is 1.12 bits per heavy atom. The van der Waals surface area contributed by atoms with E-state index < -0.39 is 0 Å². The molecule has 0 radical (unpaired) electrons. The largest absolute Gasteiger partial charge is 0.494 e. The molecule has 0 saturated heterocycles. The minimum Gasteiger partial charge on any atom is -0.494 e. The Hall–Kier alpha value is -3.54. The Labute approximate surface area is 187 Å². The van der Waals surface area contributed by atoms with E-state index >= 15 is 0 Å². The minimum absolute atomic E-state index is 0.109. The third kappa shape index (κ3) is 5.19. The van der Waals surface area contributed by atoms with Gasteiger partial charge < -0.3 is 19.7 Å². The molecule has 4 rings (SSSR count). The van der Waals surface area contributed by atoms with Crippen molar-refractivity contribution in [2.75, 3.05) is 23.4 Å². The SMILES string of the molecule is CCOc1ccc(NC(=O)C[C@H]2COc3cc(F)ccc3N2Cc2ccc(C)cc2)cc1. The topological polar surface area (TPSA) is 50.8 Å². The van der Waals surface area contributed by atoms with E-state index in [0.717, 1.165) is 17.0 Å². The van der Waals surface area contributed by atoms with Gasteiger partial charge in [-0.3, -0.25) is 4.79 Å². The molecule has 166 valence electrons. The number of fused-ring (bicyclic) bond motifs is 1. The van der Waals surface area contributed by atoms with Gasteiger partial charge in [0.2, 0.25) is 5.91 Å². The summed E-state index contributed by atoms with van der Waals surface area (Å²) in [6, 6.07) is 19.9. The number of rotatable bonds is 7. The van der Waals surface area contributed by atoms with E-state index in [9.17, 15) is 9.18 Å². The van der Waals surface area contributed by atoms with Crippen molar-refractivity contribution in [3.05, 3.63) is 83.7 Å². The summed E-state index contributed by atoms with van der Waals surface area (Å²) >= 11 is 0. The molecule has 0 saturated carbocycles. The van der Waals surface area contributed by atoms with Crippen LogP contribution in [0.4, 0.5) is 15.8 Å². The first kappa shape index (κ1) is 21.7. The van der Waals surface area contributed by atoms with Crippen LogP contribution in [-0.4, -0.2) is 25.2 Å². The van der Waals surface area contributed by atoms with E-state index in [1.807, 2.05) is 38.1 Å². The molecule has 0 bridgehead atoms. The molecule has 1 aliphatic rings. The van der Waals surface area contributed by atoms with Crippen LogP contribution in [0.2, 0.25) is 0 Å². The predicted molar refractivity (Wildman–Crippen MR) is 124 cm³/mol. The number of nitrogens with zero attached hydrogens (tertiary/aromatic N) is 1. The van der Waals surface area contributed by atoms with Crippen LogP contribution in [-0.2, 0) is 11.3 Å². The van der Waals surface area contributed by atoms with Crippen molar-refractivity contribution < 1.29 is 18.7 Å². The summed E-state index contributed by atoms with van der Waals surface area (Å²) < 4.78 is 25.0. The van der Waals surface area contributed by atoms with Crippen LogP contribution >= 0.6 is 0 Å². The van der Waals surface area contributed by atoms with Crippen LogP contribution in [0.25, 0.3) is 0 Å². The first-order valence-electron chi connectivity index (χ1n) is 10.8. The van der Waals surface area contributed by atoms with Gasteiger partial charge in [-0.25, -0.2) is 4.39 Å². The number of anilines is 2. The van der Waals surface area contributed by atoms with E-state index in [1.165, 1.54) is 17.7 Å². The maximum atomic E-state index is 13.7. The van der Waals surface area contributed by atoms with Crippen LogP contribution in [0.5, 0.6) is 11.5 Å². The standard InChI is InChI=1S/C26H27FN2O3/c1-3-31-23-11-9-21(10-12-23)28-26(30)15-22-17-32-25-14-20(27)8-13-24(25)29(22)16-19-6-4-18(2)5-7-19/h4-14,22H,3,15-17H2,1-2H3,(H,28,30)/t22-/m0/s1. The van der Waals surface area contributed by atoms with Crippen molar-refractivity contribution in [1.82, 2.24) is 0 Å². The molecule has 0 unspecified atom stereocenters. The number of ether oxygens (including phenoxy) is 2. The van der Waals surface area contributed by atoms with Gasteiger partial charge in [0.05, 0.1) is 24.8 Å². The maximum absolute atomic E-state index is 13.7. The highest BCUT2D eigenvalue weighted by Gasteiger charge is 2.30. The van der Waals surface area contributed by atoms with Crippen LogP contribution in [0.3, 0.4) is 0 Å². The fraction of sp³-hybridized carbons (Fsp3) is 0.269. The Morgan fingerprint density at radius 3 is 2.59 bits per heavy atom. The first-order valence-corrected chi connectivity index (χ1v) is 10.8. The van der Waals surface area contributed by atoms with Gasteiger partial charge in [0.25, 0.3) is 0 Å². The molecule has 0 aliphatic carbocycles. The van der Waals surface area contributed by atoms with Crippen molar-refractivity contribution in [2.24, 2.45) is 0 Å². The number of aryl methyl sites for hydroxylation is 1. The van der Waals surface area contributed by atoms with Gasteiger partial charge in [-0.15, -0.1) is 0 Å². The van der Waals surface area contributed by atoms with E-state index in [-0.39, 0.29) is 24.2 Å². The normalized spacial score (nSPS) is 15.0. The lowest BCUT2D eigenvalue weighted by Gasteiger charge is -2.38. The highest BCUT2D eigenvalue weighted by atomic mass is 19.1. The summed E-state index contributed by atoms with van der Waals surface area (Å²) in [5, 5.41) is 2.95. The molecule has 1 N–H and O–H groups in total. The third-order valence-electron chi connectivity index (χ3n) is 5.45. The molecule has 1 aliphatic heterocycles. The third-order valence-corrected chi connectivity index (χ3v) is 5.45. The van der Waals surface area contributed by atoms with Gasteiger partial charge in [0.1, 0.15) is 23.9 Å². The number of halogens is 1. The monoisotopic (exact) mass is 434 g/mol. The first-order chi connectivity index (χ1) is 15.5. The number of carbonyl (C=O) groups excluding carboxylic acids is 1. The lowest BCUT2D eigenvalue weighted by atomic mass is 10.1. The molecule has 1 amide bonds. The Bertz CT molecular complexity index is 1070. The minimum atomic E-state index is -0.342. The Morgan fingerprint density at radius 2 is 1.88 bits per heavy atom. The predicted octanol–water partition coefficient (Wildman–Crippen LogP) is 5.33. The van der Waals surface area contributed by atoms with Gasteiger partial charge >= 0.3 is 0 Å². The van der Waals surface area contributed by atoms with Crippen LogP contribution in [0, 0.1) is 12.7 Å². The van der Waals surface area contributed by atoms with Crippen molar-refractivity contribution >= 4 is 17.3 Å². The number of hydrogen-bond donors (Lipinski definition) is 1. The molecule has 6 heteroatoms. The fourth-order valence-corrected chi connectivity index (χ4v) is 3.81. The smallest absolute Gasteiger partial charge is 0.226 e. The molecular formula is C26H27FN2O3. The summed E-state index contributed by atoms with van der Waals surface area (Å²) in [6.45, 7) is 5.47. The lowest BCUT2D eigenvalue weighted by molar-refractivity contribution is -0.116. The quantitative estimate of drug-likeness (QED) is 0.546. The Kier molecular flexibility index (Phi) is 6.59. The molecule has 3 aromatic rings. The molecule has 32 heavy (non-hydrogen) atoms. The van der Waals surface area contributed by atoms with Crippen molar-refractivity contribution in [2.45, 2.75) is 32.9 Å². The van der Waals surface area contributed by atoms with E-state index in [4.69, 9.17) is 9.47 Å². The average Bonchev–Trinajstić information content (AvgIpc) is 2.78. The van der Waals surface area contributed by atoms with Crippen molar-refractivity contribution in [3.63, 3.8) is 0 Å². The number of carbonyl (C=O) groups is 1. The van der Waals surface area contributed by atoms with Crippen LogP contribution in [0.1, 0.15) is 24.5 Å². The van der Waals surface area contributed by atoms with Crippen LogP contribution < -0.4 is 19.7 Å². The van der Waals surface area contributed by atoms with Crippen LogP contribution in [0.15, 0.2) is 66.7 Å². The number of hydrogen-bond acceptors (Lipinski definition) is 4. The van der Waals surface area contributed by atoms with Gasteiger partial charge in [-0.05, 0) is 55.8 Å². The van der Waals surface area contributed by atoms with E-state index in [2.05, 4.69) is 34.5 Å². The Balaban J connectivity index is 1.50. The van der Waals surface area contributed by atoms with Gasteiger partial charge in [-0.2, -0.15) is 0 Å². The number of nitrogens with one attached hydrogen (secondary N) is 1. The zero-order valence-electron chi connectivity index (χ0n) is 18.3.